The fourth-order valence-electron chi connectivity index (χ4n) is 2.61. The number of aryl methyl sites for hydroxylation is 2. The van der Waals surface area contributed by atoms with Crippen LogP contribution in [-0.4, -0.2) is 25.3 Å². The van der Waals surface area contributed by atoms with Gasteiger partial charge in [0.25, 0.3) is 0 Å². The molecule has 0 atom stereocenters. The van der Waals surface area contributed by atoms with Gasteiger partial charge in [-0.25, -0.2) is 4.68 Å². The number of hydrogen-bond donors (Lipinski definition) is 0. The van der Waals surface area contributed by atoms with Crippen LogP contribution in [0.3, 0.4) is 0 Å². The minimum absolute atomic E-state index is 0.0524. The molecule has 0 amide bonds. The fourth-order valence-corrected chi connectivity index (χ4v) is 2.61. The van der Waals surface area contributed by atoms with Crippen molar-refractivity contribution in [2.45, 2.75) is 13.8 Å². The number of benzene rings is 1. The number of allylic oxidation sites excluding steroid dienone is 1. The van der Waals surface area contributed by atoms with E-state index in [0.717, 1.165) is 22.8 Å². The minimum Gasteiger partial charge on any atom is -0.289 e. The Hall–Kier alpha value is -2.95. The lowest BCUT2D eigenvalue weighted by Gasteiger charge is -2.04. The molecule has 1 aromatic carbocycles. The summed E-state index contributed by atoms with van der Waals surface area (Å²) >= 11 is 0. The first-order valence-electron chi connectivity index (χ1n) is 7.40. The van der Waals surface area contributed by atoms with Crippen LogP contribution in [0.15, 0.2) is 48.7 Å². The zero-order valence-corrected chi connectivity index (χ0v) is 13.4. The van der Waals surface area contributed by atoms with Gasteiger partial charge in [0.05, 0.1) is 28.3 Å². The summed E-state index contributed by atoms with van der Waals surface area (Å²) in [5.74, 6) is -0.0524. The molecule has 2 aromatic heterocycles. The molecule has 0 saturated heterocycles. The van der Waals surface area contributed by atoms with E-state index in [9.17, 15) is 4.79 Å². The van der Waals surface area contributed by atoms with Gasteiger partial charge in [0.15, 0.2) is 5.78 Å². The van der Waals surface area contributed by atoms with Crippen molar-refractivity contribution in [1.82, 2.24) is 19.6 Å². The lowest BCUT2D eigenvalue weighted by molar-refractivity contribution is 0.104. The molecular weight excluding hydrogens is 288 g/mol. The van der Waals surface area contributed by atoms with Crippen molar-refractivity contribution >= 4 is 11.9 Å². The van der Waals surface area contributed by atoms with Crippen molar-refractivity contribution in [3.05, 3.63) is 71.3 Å². The van der Waals surface area contributed by atoms with Gasteiger partial charge < -0.3 is 0 Å². The van der Waals surface area contributed by atoms with Crippen LogP contribution in [-0.2, 0) is 7.05 Å². The average Bonchev–Trinajstić information content (AvgIpc) is 3.09. The summed E-state index contributed by atoms with van der Waals surface area (Å²) < 4.78 is 3.53. The van der Waals surface area contributed by atoms with Crippen molar-refractivity contribution in [3.63, 3.8) is 0 Å². The number of nitrogens with zero attached hydrogens (tertiary/aromatic N) is 4. The molecular formula is C18H18N4O. The summed E-state index contributed by atoms with van der Waals surface area (Å²) in [5.41, 5.74) is 4.04. The maximum atomic E-state index is 12.6. The molecule has 3 rings (SSSR count). The van der Waals surface area contributed by atoms with Crippen LogP contribution < -0.4 is 0 Å². The number of ketones is 1. The number of para-hydroxylation sites is 1. The van der Waals surface area contributed by atoms with Crippen LogP contribution in [0.5, 0.6) is 0 Å². The van der Waals surface area contributed by atoms with Gasteiger partial charge in [-0.15, -0.1) is 0 Å². The number of aromatic nitrogens is 4. The van der Waals surface area contributed by atoms with Gasteiger partial charge in [-0.1, -0.05) is 18.2 Å². The van der Waals surface area contributed by atoms with Crippen molar-refractivity contribution in [3.8, 4) is 5.69 Å². The molecule has 0 unspecified atom stereocenters. The molecule has 116 valence electrons. The normalized spacial score (nSPS) is 11.3. The minimum atomic E-state index is -0.0524. The highest BCUT2D eigenvalue weighted by Gasteiger charge is 2.17. The van der Waals surface area contributed by atoms with Gasteiger partial charge in [-0.05, 0) is 44.2 Å². The first-order valence-corrected chi connectivity index (χ1v) is 7.40. The largest absolute Gasteiger partial charge is 0.289 e. The highest BCUT2D eigenvalue weighted by molar-refractivity contribution is 6.08. The zero-order chi connectivity index (χ0) is 16.4. The first kappa shape index (κ1) is 15.0. The molecule has 5 heteroatoms. The predicted octanol–water partition coefficient (Wildman–Crippen LogP) is 3.12. The van der Waals surface area contributed by atoms with Gasteiger partial charge in [0.1, 0.15) is 0 Å². The molecule has 0 aliphatic carbocycles. The Morgan fingerprint density at radius 1 is 1.13 bits per heavy atom. The van der Waals surface area contributed by atoms with Gasteiger partial charge in [-0.2, -0.15) is 10.2 Å². The van der Waals surface area contributed by atoms with E-state index >= 15 is 0 Å². The summed E-state index contributed by atoms with van der Waals surface area (Å²) in [5, 5.41) is 8.59. The summed E-state index contributed by atoms with van der Waals surface area (Å²) in [7, 11) is 1.84. The van der Waals surface area contributed by atoms with Crippen LogP contribution in [0.25, 0.3) is 11.8 Å². The van der Waals surface area contributed by atoms with Crippen molar-refractivity contribution in [2.75, 3.05) is 0 Å². The van der Waals surface area contributed by atoms with Gasteiger partial charge in [0.2, 0.25) is 0 Å². The molecule has 0 N–H and O–H groups in total. The van der Waals surface area contributed by atoms with Gasteiger partial charge in [0, 0.05) is 13.2 Å². The Kier molecular flexibility index (Phi) is 3.93. The third-order valence-electron chi connectivity index (χ3n) is 3.80. The van der Waals surface area contributed by atoms with Crippen LogP contribution in [0.1, 0.15) is 27.4 Å². The summed E-state index contributed by atoms with van der Waals surface area (Å²) in [6.07, 6.45) is 5.05. The Balaban J connectivity index is 1.94. The molecule has 2 heterocycles. The van der Waals surface area contributed by atoms with E-state index in [4.69, 9.17) is 0 Å². The number of rotatable bonds is 4. The standard InChI is InChI=1S/C18H18N4O/c1-13-18(17(23)10-9-15-11-12-19-21(15)3)14(2)22(20-13)16-7-5-4-6-8-16/h4-12H,1-3H3/b10-9+. The molecule has 0 fully saturated rings. The van der Waals surface area contributed by atoms with E-state index in [2.05, 4.69) is 10.2 Å². The molecule has 0 spiro atoms. The lowest BCUT2D eigenvalue weighted by atomic mass is 10.1. The smallest absolute Gasteiger partial charge is 0.189 e. The van der Waals surface area contributed by atoms with E-state index in [1.54, 1.807) is 27.7 Å². The molecule has 0 saturated carbocycles. The monoisotopic (exact) mass is 306 g/mol. The second-order valence-electron chi connectivity index (χ2n) is 5.37. The van der Waals surface area contributed by atoms with E-state index in [-0.39, 0.29) is 5.78 Å². The highest BCUT2D eigenvalue weighted by atomic mass is 16.1. The Morgan fingerprint density at radius 3 is 2.52 bits per heavy atom. The lowest BCUT2D eigenvalue weighted by Crippen LogP contribution is -2.02. The highest BCUT2D eigenvalue weighted by Crippen LogP contribution is 2.19. The van der Waals surface area contributed by atoms with Crippen molar-refractivity contribution < 1.29 is 4.79 Å². The van der Waals surface area contributed by atoms with Crippen LogP contribution in [0.4, 0.5) is 0 Å². The summed E-state index contributed by atoms with van der Waals surface area (Å²) in [6.45, 7) is 3.77. The van der Waals surface area contributed by atoms with E-state index < -0.39 is 0 Å². The van der Waals surface area contributed by atoms with Gasteiger partial charge in [-0.3, -0.25) is 9.48 Å². The van der Waals surface area contributed by atoms with E-state index in [1.807, 2.05) is 57.3 Å². The summed E-state index contributed by atoms with van der Waals surface area (Å²) in [4.78, 5) is 12.6. The molecule has 0 aliphatic heterocycles. The van der Waals surface area contributed by atoms with Crippen LogP contribution >= 0.6 is 0 Å². The molecule has 0 radical (unpaired) electrons. The maximum Gasteiger partial charge on any atom is 0.189 e. The fraction of sp³-hybridized carbons (Fsp3) is 0.167. The van der Waals surface area contributed by atoms with Crippen molar-refractivity contribution in [2.24, 2.45) is 7.05 Å². The number of hydrogen-bond acceptors (Lipinski definition) is 3. The Bertz CT molecular complexity index is 872. The zero-order valence-electron chi connectivity index (χ0n) is 13.4. The van der Waals surface area contributed by atoms with Crippen molar-refractivity contribution in [1.29, 1.82) is 0 Å². The SMILES string of the molecule is Cc1nn(-c2ccccc2)c(C)c1C(=O)/C=C/c1ccnn1C. The summed E-state index contributed by atoms with van der Waals surface area (Å²) in [6, 6.07) is 11.7. The number of carbonyl (C=O) groups excluding carboxylic acids is 1. The second kappa shape index (κ2) is 6.04. The second-order valence-corrected chi connectivity index (χ2v) is 5.37. The molecule has 3 aromatic rings. The third-order valence-corrected chi connectivity index (χ3v) is 3.80. The van der Waals surface area contributed by atoms with E-state index in [0.29, 0.717) is 5.56 Å². The maximum absolute atomic E-state index is 12.6. The molecule has 0 bridgehead atoms. The van der Waals surface area contributed by atoms with Gasteiger partial charge >= 0.3 is 0 Å². The molecule has 23 heavy (non-hydrogen) atoms. The molecule has 5 nitrogen and oxygen atoms in total. The first-order chi connectivity index (χ1) is 11.1. The topological polar surface area (TPSA) is 52.7 Å². The Labute approximate surface area is 134 Å². The van der Waals surface area contributed by atoms with Crippen LogP contribution in [0, 0.1) is 13.8 Å². The number of carbonyl (C=O) groups is 1. The van der Waals surface area contributed by atoms with E-state index in [1.165, 1.54) is 0 Å². The molecule has 0 aliphatic rings. The average molecular weight is 306 g/mol. The Morgan fingerprint density at radius 2 is 1.87 bits per heavy atom. The third kappa shape index (κ3) is 2.85. The predicted molar refractivity (Wildman–Crippen MR) is 89.6 cm³/mol. The quantitative estimate of drug-likeness (QED) is 0.550. The van der Waals surface area contributed by atoms with Crippen LogP contribution in [0.2, 0.25) is 0 Å².